The van der Waals surface area contributed by atoms with Gasteiger partial charge in [-0.25, -0.2) is 13.2 Å². The highest BCUT2D eigenvalue weighted by Crippen LogP contribution is 2.44. The minimum Gasteiger partial charge on any atom is -0.494 e. The van der Waals surface area contributed by atoms with Crippen LogP contribution in [-0.4, -0.2) is 23.5 Å². The van der Waals surface area contributed by atoms with Gasteiger partial charge in [-0.15, -0.1) is 0 Å². The largest absolute Gasteiger partial charge is 0.494 e. The van der Waals surface area contributed by atoms with Crippen LogP contribution < -0.4 is 16.0 Å². The van der Waals surface area contributed by atoms with E-state index in [1.54, 1.807) is 6.92 Å². The van der Waals surface area contributed by atoms with Gasteiger partial charge in [0.05, 0.1) is 4.90 Å². The SMILES string of the molecule is Cc1cc2c(cc1Cl)SC(c1c(O)[nH]c(=O)[nH]c1=O)NS2(=O)=O. The van der Waals surface area contributed by atoms with E-state index in [1.807, 2.05) is 9.97 Å². The molecule has 1 unspecified atom stereocenters. The first-order valence-electron chi connectivity index (χ1n) is 6.23. The van der Waals surface area contributed by atoms with E-state index >= 15 is 0 Å². The Balaban J connectivity index is 2.18. The summed E-state index contributed by atoms with van der Waals surface area (Å²) >= 11 is 7.02. The summed E-state index contributed by atoms with van der Waals surface area (Å²) < 4.78 is 27.1. The van der Waals surface area contributed by atoms with E-state index in [0.29, 0.717) is 15.5 Å². The average molecular weight is 376 g/mol. The molecule has 11 heteroatoms. The van der Waals surface area contributed by atoms with E-state index in [4.69, 9.17) is 11.6 Å². The van der Waals surface area contributed by atoms with E-state index in [0.717, 1.165) is 11.8 Å². The predicted octanol–water partition coefficient (Wildman–Crippen LogP) is 0.813. The number of hydrogen-bond donors (Lipinski definition) is 4. The van der Waals surface area contributed by atoms with Crippen LogP contribution in [0.25, 0.3) is 0 Å². The molecule has 8 nitrogen and oxygen atoms in total. The molecule has 1 aliphatic heterocycles. The Labute approximate surface area is 139 Å². The average Bonchev–Trinajstić information content (AvgIpc) is 2.39. The van der Waals surface area contributed by atoms with Crippen molar-refractivity contribution in [1.29, 1.82) is 0 Å². The molecule has 0 aliphatic carbocycles. The van der Waals surface area contributed by atoms with Gasteiger partial charge in [-0.2, -0.15) is 4.72 Å². The Morgan fingerprint density at radius 2 is 1.96 bits per heavy atom. The van der Waals surface area contributed by atoms with Crippen molar-refractivity contribution in [3.8, 4) is 5.88 Å². The van der Waals surface area contributed by atoms with Gasteiger partial charge in [0.25, 0.3) is 5.56 Å². The third-order valence-electron chi connectivity index (χ3n) is 3.24. The summed E-state index contributed by atoms with van der Waals surface area (Å²) in [5.41, 5.74) is -1.47. The normalized spacial score (nSPS) is 19.3. The van der Waals surface area contributed by atoms with Crippen LogP contribution in [0, 0.1) is 6.92 Å². The van der Waals surface area contributed by atoms with Crippen LogP contribution in [0.5, 0.6) is 5.88 Å². The molecule has 2 heterocycles. The van der Waals surface area contributed by atoms with Gasteiger partial charge in [0, 0.05) is 9.92 Å². The molecule has 1 aromatic heterocycles. The van der Waals surface area contributed by atoms with Gasteiger partial charge in [-0.1, -0.05) is 23.4 Å². The smallest absolute Gasteiger partial charge is 0.328 e. The van der Waals surface area contributed by atoms with Crippen molar-refractivity contribution in [2.75, 3.05) is 0 Å². The number of hydrogen-bond acceptors (Lipinski definition) is 6. The summed E-state index contributed by atoms with van der Waals surface area (Å²) in [5, 5.41) is 9.07. The molecule has 4 N–H and O–H groups in total. The van der Waals surface area contributed by atoms with Gasteiger partial charge in [0.15, 0.2) is 0 Å². The van der Waals surface area contributed by atoms with Crippen LogP contribution >= 0.6 is 23.4 Å². The summed E-state index contributed by atoms with van der Waals surface area (Å²) in [7, 11) is -3.91. The predicted molar refractivity (Wildman–Crippen MR) is 84.5 cm³/mol. The minimum atomic E-state index is -3.91. The minimum absolute atomic E-state index is 0.0426. The molecule has 0 radical (unpaired) electrons. The zero-order chi connectivity index (χ0) is 16.9. The number of aromatic nitrogens is 2. The fraction of sp³-hybridized carbons (Fsp3) is 0.167. The lowest BCUT2D eigenvalue weighted by atomic mass is 10.2. The number of nitrogens with one attached hydrogen (secondary N) is 3. The Hall–Kier alpha value is -1.75. The first-order chi connectivity index (χ1) is 10.7. The molecule has 1 atom stereocenters. The fourth-order valence-corrected chi connectivity index (χ4v) is 5.55. The summed E-state index contributed by atoms with van der Waals surface area (Å²) in [5.74, 6) is -0.694. The lowest BCUT2D eigenvalue weighted by Crippen LogP contribution is -2.36. The molecule has 3 rings (SSSR count). The summed E-state index contributed by atoms with van der Waals surface area (Å²) in [6, 6.07) is 2.92. The molecule has 2 aromatic rings. The topological polar surface area (TPSA) is 132 Å². The summed E-state index contributed by atoms with van der Waals surface area (Å²) in [6.45, 7) is 1.67. The third kappa shape index (κ3) is 2.78. The van der Waals surface area contributed by atoms with Crippen molar-refractivity contribution in [2.45, 2.75) is 22.1 Å². The Bertz CT molecular complexity index is 1030. The van der Waals surface area contributed by atoms with Crippen LogP contribution in [0.3, 0.4) is 0 Å². The molecule has 0 amide bonds. The zero-order valence-corrected chi connectivity index (χ0v) is 13.9. The maximum absolute atomic E-state index is 12.4. The van der Waals surface area contributed by atoms with Gasteiger partial charge in [-0.05, 0) is 24.6 Å². The second-order valence-corrected chi connectivity index (χ2v) is 8.07. The van der Waals surface area contributed by atoms with Crippen molar-refractivity contribution < 1.29 is 13.5 Å². The Morgan fingerprint density at radius 3 is 2.61 bits per heavy atom. The van der Waals surface area contributed by atoms with E-state index in [-0.39, 0.29) is 10.5 Å². The molecular formula is C12H10ClN3O5S2. The lowest BCUT2D eigenvalue weighted by Gasteiger charge is -2.25. The van der Waals surface area contributed by atoms with Crippen molar-refractivity contribution in [3.63, 3.8) is 0 Å². The Kier molecular flexibility index (Phi) is 3.79. The van der Waals surface area contributed by atoms with E-state index in [2.05, 4.69) is 4.72 Å². The molecule has 0 saturated heterocycles. The van der Waals surface area contributed by atoms with Gasteiger partial charge in [0.2, 0.25) is 15.9 Å². The number of aromatic amines is 2. The lowest BCUT2D eigenvalue weighted by molar-refractivity contribution is 0.438. The van der Waals surface area contributed by atoms with Crippen LogP contribution in [0.1, 0.15) is 16.5 Å². The molecule has 0 bridgehead atoms. The maximum Gasteiger partial charge on any atom is 0.328 e. The molecule has 122 valence electrons. The highest BCUT2D eigenvalue weighted by molar-refractivity contribution is 8.02. The van der Waals surface area contributed by atoms with E-state index in [9.17, 15) is 23.1 Å². The number of fused-ring (bicyclic) bond motifs is 1. The molecule has 0 spiro atoms. The number of thioether (sulfide) groups is 1. The van der Waals surface area contributed by atoms with Crippen molar-refractivity contribution >= 4 is 33.4 Å². The molecule has 23 heavy (non-hydrogen) atoms. The second-order valence-electron chi connectivity index (χ2n) is 4.84. The third-order valence-corrected chi connectivity index (χ3v) is 6.57. The number of halogens is 1. The molecular weight excluding hydrogens is 366 g/mol. The van der Waals surface area contributed by atoms with Gasteiger partial charge >= 0.3 is 5.69 Å². The highest BCUT2D eigenvalue weighted by Gasteiger charge is 2.34. The van der Waals surface area contributed by atoms with Crippen molar-refractivity contribution in [2.24, 2.45) is 0 Å². The first kappa shape index (κ1) is 16.1. The number of sulfonamides is 1. The fourth-order valence-electron chi connectivity index (χ4n) is 2.14. The van der Waals surface area contributed by atoms with Gasteiger partial charge in [-0.3, -0.25) is 14.8 Å². The van der Waals surface area contributed by atoms with Gasteiger partial charge < -0.3 is 5.11 Å². The summed E-state index contributed by atoms with van der Waals surface area (Å²) in [4.78, 5) is 27.4. The van der Waals surface area contributed by atoms with E-state index < -0.39 is 32.5 Å². The van der Waals surface area contributed by atoms with Crippen LogP contribution in [-0.2, 0) is 10.0 Å². The zero-order valence-electron chi connectivity index (χ0n) is 11.5. The van der Waals surface area contributed by atoms with Crippen LogP contribution in [0.2, 0.25) is 5.02 Å². The molecule has 0 saturated carbocycles. The number of aromatic hydroxyl groups is 1. The molecule has 0 fully saturated rings. The molecule has 1 aromatic carbocycles. The summed E-state index contributed by atoms with van der Waals surface area (Å²) in [6.07, 6.45) is 0. The van der Waals surface area contributed by atoms with Crippen LogP contribution in [0.15, 0.2) is 31.5 Å². The number of rotatable bonds is 1. The number of benzene rings is 1. The maximum atomic E-state index is 12.4. The van der Waals surface area contributed by atoms with Gasteiger partial charge in [0.1, 0.15) is 10.9 Å². The number of H-pyrrole nitrogens is 2. The second kappa shape index (κ2) is 5.41. The monoisotopic (exact) mass is 375 g/mol. The van der Waals surface area contributed by atoms with Crippen molar-refractivity contribution in [1.82, 2.24) is 14.7 Å². The highest BCUT2D eigenvalue weighted by atomic mass is 35.5. The van der Waals surface area contributed by atoms with Crippen molar-refractivity contribution in [3.05, 3.63) is 49.1 Å². The molecule has 1 aliphatic rings. The van der Waals surface area contributed by atoms with Crippen LogP contribution in [0.4, 0.5) is 0 Å². The van der Waals surface area contributed by atoms with E-state index in [1.165, 1.54) is 12.1 Å². The number of aryl methyl sites for hydroxylation is 1. The first-order valence-corrected chi connectivity index (χ1v) is 8.98. The standard InChI is InChI=1S/C12H10ClN3O5S2/c1-4-2-7-6(3-5(4)13)22-11(16-23(7,20)21)8-9(17)14-12(19)15-10(8)18/h2-3,11,16H,1H3,(H3,14,15,17,18,19). The Morgan fingerprint density at radius 1 is 1.26 bits per heavy atom. The quantitative estimate of drug-likeness (QED) is 0.583.